The predicted octanol–water partition coefficient (Wildman–Crippen LogP) is 1.25. The Hall–Kier alpha value is -1.92. The first kappa shape index (κ1) is 11.6. The van der Waals surface area contributed by atoms with Crippen molar-refractivity contribution in [1.29, 1.82) is 0 Å². The van der Waals surface area contributed by atoms with E-state index in [4.69, 9.17) is 0 Å². The Labute approximate surface area is 98.0 Å². The maximum atomic E-state index is 12.1. The second kappa shape index (κ2) is 4.52. The average molecular weight is 238 g/mol. The van der Waals surface area contributed by atoms with Gasteiger partial charge in [-0.3, -0.25) is 20.0 Å². The number of carbonyl (C=O) groups is 1. The molecule has 1 saturated heterocycles. The van der Waals surface area contributed by atoms with Crippen LogP contribution in [-0.2, 0) is 0 Å². The molecular formula is C10H14N4O3. The minimum absolute atomic E-state index is 0.0746. The van der Waals surface area contributed by atoms with Gasteiger partial charge < -0.3 is 4.90 Å². The molecule has 0 saturated carbocycles. The molecule has 0 spiro atoms. The number of hydrogen-bond acceptors (Lipinski definition) is 4. The zero-order valence-corrected chi connectivity index (χ0v) is 9.60. The number of nitrogens with one attached hydrogen (secondary N) is 1. The highest BCUT2D eigenvalue weighted by Crippen LogP contribution is 2.22. The lowest BCUT2D eigenvalue weighted by atomic mass is 10.1. The fourth-order valence-corrected chi connectivity index (χ4v) is 2.04. The largest absolute Gasteiger partial charge is 0.337 e. The summed E-state index contributed by atoms with van der Waals surface area (Å²) in [4.78, 5) is 24.0. The number of nitrogens with zero attached hydrogens (tertiary/aromatic N) is 3. The fraction of sp³-hybridized carbons (Fsp3) is 0.600. The molecule has 0 atom stereocenters. The number of H-pyrrole nitrogens is 1. The van der Waals surface area contributed by atoms with E-state index < -0.39 is 4.92 Å². The second-order valence-corrected chi connectivity index (χ2v) is 4.16. The van der Waals surface area contributed by atoms with E-state index in [0.717, 1.165) is 19.3 Å². The number of hydrogen-bond donors (Lipinski definition) is 1. The summed E-state index contributed by atoms with van der Waals surface area (Å²) in [6.07, 6.45) is 3.00. The number of nitro groups is 1. The Balaban J connectivity index is 2.27. The number of aromatic nitrogens is 2. The first-order valence-corrected chi connectivity index (χ1v) is 5.60. The standard InChI is InChI=1S/C10H14N4O3/c1-7-9(14(16)17)8(12-11-7)10(15)13-5-3-2-4-6-13/h2-6H2,1H3,(H,11,12). The summed E-state index contributed by atoms with van der Waals surface area (Å²) in [5, 5.41) is 17.1. The van der Waals surface area contributed by atoms with Gasteiger partial charge in [-0.25, -0.2) is 0 Å². The van der Waals surface area contributed by atoms with E-state index in [1.54, 1.807) is 4.90 Å². The van der Waals surface area contributed by atoms with Gasteiger partial charge in [-0.15, -0.1) is 0 Å². The number of likely N-dealkylation sites (tertiary alicyclic amines) is 1. The smallest absolute Gasteiger partial charge is 0.322 e. The first-order chi connectivity index (χ1) is 8.11. The maximum Gasteiger partial charge on any atom is 0.322 e. The third-order valence-electron chi connectivity index (χ3n) is 2.94. The van der Waals surface area contributed by atoms with Crippen LogP contribution in [0, 0.1) is 17.0 Å². The Morgan fingerprint density at radius 2 is 2.06 bits per heavy atom. The van der Waals surface area contributed by atoms with Crippen molar-refractivity contribution in [2.24, 2.45) is 0 Å². The zero-order chi connectivity index (χ0) is 12.4. The molecule has 0 bridgehead atoms. The van der Waals surface area contributed by atoms with Gasteiger partial charge in [0, 0.05) is 13.1 Å². The van der Waals surface area contributed by atoms with Gasteiger partial charge in [-0.05, 0) is 26.2 Å². The Bertz CT molecular complexity index is 448. The number of piperidine rings is 1. The Morgan fingerprint density at radius 1 is 1.41 bits per heavy atom. The van der Waals surface area contributed by atoms with Gasteiger partial charge in [-0.1, -0.05) is 0 Å². The van der Waals surface area contributed by atoms with Crippen LogP contribution in [0.5, 0.6) is 0 Å². The molecular weight excluding hydrogens is 224 g/mol. The number of aromatic amines is 1. The molecule has 1 fully saturated rings. The van der Waals surface area contributed by atoms with E-state index in [-0.39, 0.29) is 17.3 Å². The normalized spacial score (nSPS) is 15.9. The molecule has 1 aromatic rings. The van der Waals surface area contributed by atoms with Crippen LogP contribution in [0.1, 0.15) is 35.4 Å². The lowest BCUT2D eigenvalue weighted by Crippen LogP contribution is -2.36. The number of amides is 1. The number of aryl methyl sites for hydroxylation is 1. The molecule has 7 nitrogen and oxygen atoms in total. The van der Waals surface area contributed by atoms with E-state index in [9.17, 15) is 14.9 Å². The highest BCUT2D eigenvalue weighted by molar-refractivity contribution is 5.96. The zero-order valence-electron chi connectivity index (χ0n) is 9.60. The summed E-state index contributed by atoms with van der Waals surface area (Å²) < 4.78 is 0. The molecule has 1 amide bonds. The maximum absolute atomic E-state index is 12.1. The summed E-state index contributed by atoms with van der Waals surface area (Å²) in [6, 6.07) is 0. The van der Waals surface area contributed by atoms with E-state index in [1.807, 2.05) is 0 Å². The Morgan fingerprint density at radius 3 is 2.65 bits per heavy atom. The molecule has 92 valence electrons. The van der Waals surface area contributed by atoms with Gasteiger partial charge in [0.25, 0.3) is 5.91 Å². The van der Waals surface area contributed by atoms with Crippen molar-refractivity contribution in [2.75, 3.05) is 13.1 Å². The lowest BCUT2D eigenvalue weighted by molar-refractivity contribution is -0.385. The lowest BCUT2D eigenvalue weighted by Gasteiger charge is -2.25. The van der Waals surface area contributed by atoms with Crippen LogP contribution in [0.15, 0.2) is 0 Å². The molecule has 1 aliphatic heterocycles. The summed E-state index contributed by atoms with van der Waals surface area (Å²) in [7, 11) is 0. The van der Waals surface area contributed by atoms with Crippen molar-refractivity contribution in [2.45, 2.75) is 26.2 Å². The molecule has 1 aromatic heterocycles. The van der Waals surface area contributed by atoms with Crippen LogP contribution < -0.4 is 0 Å². The van der Waals surface area contributed by atoms with Gasteiger partial charge in [0.05, 0.1) is 4.92 Å². The van der Waals surface area contributed by atoms with Crippen molar-refractivity contribution < 1.29 is 9.72 Å². The molecule has 1 N–H and O–H groups in total. The monoisotopic (exact) mass is 238 g/mol. The van der Waals surface area contributed by atoms with Crippen molar-refractivity contribution in [1.82, 2.24) is 15.1 Å². The quantitative estimate of drug-likeness (QED) is 0.620. The van der Waals surface area contributed by atoms with Gasteiger partial charge in [0.2, 0.25) is 5.69 Å². The van der Waals surface area contributed by atoms with Gasteiger partial charge >= 0.3 is 5.69 Å². The van der Waals surface area contributed by atoms with Crippen molar-refractivity contribution in [3.05, 3.63) is 21.5 Å². The van der Waals surface area contributed by atoms with Crippen molar-refractivity contribution in [3.8, 4) is 0 Å². The molecule has 2 heterocycles. The van der Waals surface area contributed by atoms with Crippen molar-refractivity contribution >= 4 is 11.6 Å². The third-order valence-corrected chi connectivity index (χ3v) is 2.94. The number of rotatable bonds is 2. The number of carbonyl (C=O) groups excluding carboxylic acids is 1. The second-order valence-electron chi connectivity index (χ2n) is 4.16. The van der Waals surface area contributed by atoms with Crippen molar-refractivity contribution in [3.63, 3.8) is 0 Å². The average Bonchev–Trinajstić information content (AvgIpc) is 2.71. The van der Waals surface area contributed by atoms with Gasteiger partial charge in [-0.2, -0.15) is 5.10 Å². The first-order valence-electron chi connectivity index (χ1n) is 5.60. The van der Waals surface area contributed by atoms with Crippen LogP contribution >= 0.6 is 0 Å². The summed E-state index contributed by atoms with van der Waals surface area (Å²) in [5.41, 5.74) is 0.0327. The van der Waals surface area contributed by atoms with Crippen LogP contribution in [-0.4, -0.2) is 39.0 Å². The topological polar surface area (TPSA) is 92.1 Å². The van der Waals surface area contributed by atoms with Gasteiger partial charge in [0.1, 0.15) is 5.69 Å². The molecule has 0 aromatic carbocycles. The molecule has 2 rings (SSSR count). The highest BCUT2D eigenvalue weighted by atomic mass is 16.6. The van der Waals surface area contributed by atoms with Gasteiger partial charge in [0.15, 0.2) is 0 Å². The minimum Gasteiger partial charge on any atom is -0.337 e. The third kappa shape index (κ3) is 2.13. The SMILES string of the molecule is Cc1[nH]nc(C(=O)N2CCCCC2)c1[N+](=O)[O-]. The molecule has 17 heavy (non-hydrogen) atoms. The van der Waals surface area contributed by atoms with Crippen LogP contribution in [0.3, 0.4) is 0 Å². The van der Waals surface area contributed by atoms with E-state index in [1.165, 1.54) is 6.92 Å². The molecule has 0 aliphatic carbocycles. The molecule has 0 unspecified atom stereocenters. The predicted molar refractivity (Wildman–Crippen MR) is 59.7 cm³/mol. The van der Waals surface area contributed by atoms with Crippen LogP contribution in [0.25, 0.3) is 0 Å². The molecule has 1 aliphatic rings. The molecule has 0 radical (unpaired) electrons. The summed E-state index contributed by atoms with van der Waals surface area (Å²) in [5.74, 6) is -0.347. The fourth-order valence-electron chi connectivity index (χ4n) is 2.04. The highest BCUT2D eigenvalue weighted by Gasteiger charge is 2.30. The van der Waals surface area contributed by atoms with E-state index in [0.29, 0.717) is 18.8 Å². The Kier molecular flexibility index (Phi) is 3.08. The van der Waals surface area contributed by atoms with E-state index >= 15 is 0 Å². The summed E-state index contributed by atoms with van der Waals surface area (Å²) >= 11 is 0. The molecule has 7 heteroatoms. The van der Waals surface area contributed by atoms with Crippen LogP contribution in [0.4, 0.5) is 5.69 Å². The minimum atomic E-state index is -0.560. The van der Waals surface area contributed by atoms with Crippen LogP contribution in [0.2, 0.25) is 0 Å². The summed E-state index contributed by atoms with van der Waals surface area (Å²) in [6.45, 7) is 2.85. The van der Waals surface area contributed by atoms with E-state index in [2.05, 4.69) is 10.2 Å².